The monoisotopic (exact) mass is 250 g/mol. The molecule has 1 aromatic carbocycles. The summed E-state index contributed by atoms with van der Waals surface area (Å²) in [5, 5.41) is 0. The molecule has 0 aliphatic heterocycles. The topological polar surface area (TPSA) is 26.3 Å². The average Bonchev–Trinajstić information content (AvgIpc) is 2.25. The van der Waals surface area contributed by atoms with Crippen LogP contribution in [0.4, 0.5) is 13.2 Å². The Morgan fingerprint density at radius 3 is 2.38 bits per heavy atom. The minimum absolute atomic E-state index is 0.0609. The van der Waals surface area contributed by atoms with Crippen LogP contribution in [0.5, 0.6) is 5.75 Å². The molecule has 0 radical (unpaired) electrons. The molecule has 0 spiro atoms. The molecule has 0 unspecified atom stereocenters. The van der Waals surface area contributed by atoms with E-state index in [1.165, 1.54) is 7.11 Å². The molecule has 0 amide bonds. The molecule has 0 atom stereocenters. The number of halogens is 3. The van der Waals surface area contributed by atoms with Gasteiger partial charge in [-0.05, 0) is 18.4 Å². The number of ether oxygens (including phenoxy) is 1. The van der Waals surface area contributed by atoms with Crippen LogP contribution in [0.1, 0.15) is 15.9 Å². The van der Waals surface area contributed by atoms with E-state index in [0.717, 1.165) is 23.9 Å². The first-order valence-corrected chi connectivity index (χ1v) is 5.45. The van der Waals surface area contributed by atoms with Crippen molar-refractivity contribution in [2.75, 3.05) is 13.4 Å². The molecule has 6 heteroatoms. The zero-order valence-electron chi connectivity index (χ0n) is 8.59. The number of alkyl halides is 3. The highest BCUT2D eigenvalue weighted by molar-refractivity contribution is 7.98. The van der Waals surface area contributed by atoms with Gasteiger partial charge in [0.2, 0.25) is 0 Å². The number of methoxy groups -OCH3 is 1. The molecule has 88 valence electrons. The Kier molecular flexibility index (Phi) is 3.85. The Bertz CT molecular complexity index is 377. The molecule has 0 saturated carbocycles. The normalized spacial score (nSPS) is 11.3. The van der Waals surface area contributed by atoms with E-state index in [9.17, 15) is 18.0 Å². The van der Waals surface area contributed by atoms with Gasteiger partial charge in [0.15, 0.2) is 6.29 Å². The minimum Gasteiger partial charge on any atom is -0.496 e. The quantitative estimate of drug-likeness (QED) is 0.608. The summed E-state index contributed by atoms with van der Waals surface area (Å²) >= 11 is 1.07. The fraction of sp³-hybridized carbons (Fsp3) is 0.300. The van der Waals surface area contributed by atoms with Crippen LogP contribution in [0.2, 0.25) is 0 Å². The number of rotatable bonds is 3. The van der Waals surface area contributed by atoms with Crippen molar-refractivity contribution in [3.63, 3.8) is 0 Å². The molecule has 0 aliphatic carbocycles. The van der Waals surface area contributed by atoms with Crippen molar-refractivity contribution in [1.82, 2.24) is 0 Å². The van der Waals surface area contributed by atoms with Crippen LogP contribution in [0.25, 0.3) is 0 Å². The van der Waals surface area contributed by atoms with Crippen LogP contribution in [-0.2, 0) is 6.18 Å². The molecule has 0 bridgehead atoms. The van der Waals surface area contributed by atoms with E-state index in [4.69, 9.17) is 4.74 Å². The second kappa shape index (κ2) is 4.78. The second-order valence-corrected chi connectivity index (χ2v) is 3.76. The van der Waals surface area contributed by atoms with Crippen molar-refractivity contribution in [3.05, 3.63) is 23.3 Å². The van der Waals surface area contributed by atoms with Crippen LogP contribution in [-0.4, -0.2) is 19.7 Å². The van der Waals surface area contributed by atoms with Crippen LogP contribution < -0.4 is 4.74 Å². The predicted molar refractivity (Wildman–Crippen MR) is 55.2 cm³/mol. The van der Waals surface area contributed by atoms with Gasteiger partial charge >= 0.3 is 6.18 Å². The largest absolute Gasteiger partial charge is 0.496 e. The summed E-state index contributed by atoms with van der Waals surface area (Å²) in [5.41, 5.74) is -0.678. The lowest BCUT2D eigenvalue weighted by atomic mass is 10.1. The fourth-order valence-corrected chi connectivity index (χ4v) is 1.83. The molecule has 0 saturated heterocycles. The van der Waals surface area contributed by atoms with Gasteiger partial charge in [0.1, 0.15) is 5.75 Å². The van der Waals surface area contributed by atoms with Gasteiger partial charge < -0.3 is 4.74 Å². The van der Waals surface area contributed by atoms with E-state index in [1.807, 2.05) is 0 Å². The zero-order chi connectivity index (χ0) is 12.3. The first kappa shape index (κ1) is 12.9. The number of carbonyl (C=O) groups is 1. The van der Waals surface area contributed by atoms with Crippen LogP contribution in [0.3, 0.4) is 0 Å². The maximum Gasteiger partial charge on any atom is 0.416 e. The molecule has 0 heterocycles. The SMILES string of the molecule is COc1cc(C(F)(F)F)cc(SC)c1C=O. The molecule has 2 nitrogen and oxygen atoms in total. The van der Waals surface area contributed by atoms with Gasteiger partial charge in [-0.3, -0.25) is 4.79 Å². The van der Waals surface area contributed by atoms with Crippen molar-refractivity contribution >= 4 is 18.0 Å². The van der Waals surface area contributed by atoms with Crippen LogP contribution in [0.15, 0.2) is 17.0 Å². The van der Waals surface area contributed by atoms with E-state index in [0.29, 0.717) is 6.29 Å². The fourth-order valence-electron chi connectivity index (χ4n) is 1.22. The summed E-state index contributed by atoms with van der Waals surface area (Å²) < 4.78 is 42.3. The molecule has 0 aliphatic rings. The number of hydrogen-bond donors (Lipinski definition) is 0. The van der Waals surface area contributed by atoms with Crippen molar-refractivity contribution in [2.24, 2.45) is 0 Å². The van der Waals surface area contributed by atoms with Gasteiger partial charge in [-0.2, -0.15) is 13.2 Å². The highest BCUT2D eigenvalue weighted by atomic mass is 32.2. The standard InChI is InChI=1S/C10H9F3O2S/c1-15-8-3-6(10(11,12)13)4-9(16-2)7(8)5-14/h3-5H,1-2H3. The number of thioether (sulfide) groups is 1. The molecule has 16 heavy (non-hydrogen) atoms. The highest BCUT2D eigenvalue weighted by Gasteiger charge is 2.32. The maximum absolute atomic E-state index is 12.5. The number of hydrogen-bond acceptors (Lipinski definition) is 3. The van der Waals surface area contributed by atoms with E-state index in [2.05, 4.69) is 0 Å². The second-order valence-electron chi connectivity index (χ2n) is 2.91. The number of aldehydes is 1. The lowest BCUT2D eigenvalue weighted by Crippen LogP contribution is -2.07. The van der Waals surface area contributed by atoms with Crippen LogP contribution >= 0.6 is 11.8 Å². The highest BCUT2D eigenvalue weighted by Crippen LogP contribution is 2.37. The van der Waals surface area contributed by atoms with Crippen molar-refractivity contribution < 1.29 is 22.7 Å². The van der Waals surface area contributed by atoms with Crippen molar-refractivity contribution in [3.8, 4) is 5.75 Å². The predicted octanol–water partition coefficient (Wildman–Crippen LogP) is 3.25. The molecule has 1 aromatic rings. The molecular formula is C10H9F3O2S. The van der Waals surface area contributed by atoms with Crippen LogP contribution in [0, 0.1) is 0 Å². The lowest BCUT2D eigenvalue weighted by molar-refractivity contribution is -0.137. The zero-order valence-corrected chi connectivity index (χ0v) is 9.41. The van der Waals surface area contributed by atoms with Crippen molar-refractivity contribution in [1.29, 1.82) is 0 Å². The number of benzene rings is 1. The Morgan fingerprint density at radius 1 is 1.38 bits per heavy atom. The molecule has 1 rings (SSSR count). The summed E-state index contributed by atoms with van der Waals surface area (Å²) in [6, 6.07) is 1.76. The Balaban J connectivity index is 3.43. The average molecular weight is 250 g/mol. The van der Waals surface area contributed by atoms with Gasteiger partial charge in [-0.1, -0.05) is 0 Å². The van der Waals surface area contributed by atoms with Gasteiger partial charge in [-0.25, -0.2) is 0 Å². The van der Waals surface area contributed by atoms with Gasteiger partial charge in [0.25, 0.3) is 0 Å². The molecule has 0 N–H and O–H groups in total. The van der Waals surface area contributed by atoms with E-state index < -0.39 is 11.7 Å². The molecule has 0 aromatic heterocycles. The molecular weight excluding hydrogens is 241 g/mol. The summed E-state index contributed by atoms with van der Waals surface area (Å²) in [5.74, 6) is -0.0609. The van der Waals surface area contributed by atoms with Gasteiger partial charge in [0, 0.05) is 4.90 Å². The first-order chi connectivity index (χ1) is 7.43. The van der Waals surface area contributed by atoms with Crippen molar-refractivity contribution in [2.45, 2.75) is 11.1 Å². The third-order valence-electron chi connectivity index (χ3n) is 1.99. The maximum atomic E-state index is 12.5. The Labute approximate surface area is 94.8 Å². The first-order valence-electron chi connectivity index (χ1n) is 4.22. The third-order valence-corrected chi connectivity index (χ3v) is 2.77. The summed E-state index contributed by atoms with van der Waals surface area (Å²) in [7, 11) is 1.23. The summed E-state index contributed by atoms with van der Waals surface area (Å²) in [4.78, 5) is 11.0. The van der Waals surface area contributed by atoms with E-state index in [-0.39, 0.29) is 16.2 Å². The number of carbonyl (C=O) groups excluding carboxylic acids is 1. The Morgan fingerprint density at radius 2 is 2.00 bits per heavy atom. The molecule has 0 fully saturated rings. The van der Waals surface area contributed by atoms with Gasteiger partial charge in [0.05, 0.1) is 18.2 Å². The minimum atomic E-state index is -4.45. The summed E-state index contributed by atoms with van der Waals surface area (Å²) in [6.45, 7) is 0. The smallest absolute Gasteiger partial charge is 0.416 e. The lowest BCUT2D eigenvalue weighted by Gasteiger charge is -2.13. The summed E-state index contributed by atoms with van der Waals surface area (Å²) in [6.07, 6.45) is -2.36. The Hall–Kier alpha value is -1.17. The van der Waals surface area contributed by atoms with E-state index in [1.54, 1.807) is 6.26 Å². The third kappa shape index (κ3) is 2.49. The van der Waals surface area contributed by atoms with E-state index >= 15 is 0 Å². The van der Waals surface area contributed by atoms with Gasteiger partial charge in [-0.15, -0.1) is 11.8 Å².